The third kappa shape index (κ3) is 4.87. The maximum atomic E-state index is 13.0. The molecule has 1 aromatic carbocycles. The van der Waals surface area contributed by atoms with Crippen molar-refractivity contribution in [1.29, 1.82) is 0 Å². The molecule has 2 amide bonds. The molecule has 0 aromatic heterocycles. The van der Waals surface area contributed by atoms with Gasteiger partial charge in [-0.15, -0.1) is 0 Å². The summed E-state index contributed by atoms with van der Waals surface area (Å²) in [6.45, 7) is 6.36. The average molecular weight is 373 g/mol. The van der Waals surface area contributed by atoms with E-state index in [4.69, 9.17) is 0 Å². The molecule has 6 heteroatoms. The number of carbonyl (C=O) groups is 2. The van der Waals surface area contributed by atoms with Crippen molar-refractivity contribution in [1.82, 2.24) is 20.9 Å². The lowest BCUT2D eigenvalue weighted by atomic mass is 9.81. The van der Waals surface area contributed by atoms with Crippen molar-refractivity contribution in [3.63, 3.8) is 0 Å². The first-order valence-electron chi connectivity index (χ1n) is 9.77. The van der Waals surface area contributed by atoms with Gasteiger partial charge in [-0.3, -0.25) is 19.8 Å². The fraction of sp³-hybridized carbons (Fsp3) is 0.619. The Labute approximate surface area is 162 Å². The summed E-state index contributed by atoms with van der Waals surface area (Å²) in [6, 6.07) is 7.98. The van der Waals surface area contributed by atoms with Crippen LogP contribution in [0.3, 0.4) is 0 Å². The van der Waals surface area contributed by atoms with E-state index in [2.05, 4.69) is 61.0 Å². The molecule has 6 nitrogen and oxygen atoms in total. The van der Waals surface area contributed by atoms with E-state index in [0.717, 1.165) is 11.5 Å². The molecule has 1 aliphatic carbocycles. The maximum absolute atomic E-state index is 13.0. The van der Waals surface area contributed by atoms with Gasteiger partial charge in [0, 0.05) is 0 Å². The molecule has 2 unspecified atom stereocenters. The molecule has 1 saturated carbocycles. The molecule has 27 heavy (non-hydrogen) atoms. The second-order valence-corrected chi connectivity index (χ2v) is 9.11. The monoisotopic (exact) mass is 372 g/mol. The van der Waals surface area contributed by atoms with Gasteiger partial charge in [-0.05, 0) is 49.4 Å². The lowest BCUT2D eigenvalue weighted by Gasteiger charge is -2.37. The topological polar surface area (TPSA) is 73.5 Å². The van der Waals surface area contributed by atoms with Crippen molar-refractivity contribution in [3.8, 4) is 0 Å². The number of carbonyl (C=O) groups excluding carboxylic acids is 2. The van der Waals surface area contributed by atoms with E-state index in [9.17, 15) is 9.59 Å². The molecular formula is C21H32N4O2. The first-order chi connectivity index (χ1) is 12.6. The molecule has 3 N–H and O–H groups in total. The Bertz CT molecular complexity index is 689. The van der Waals surface area contributed by atoms with Gasteiger partial charge in [0.05, 0.1) is 18.5 Å². The molecule has 1 saturated heterocycles. The predicted molar refractivity (Wildman–Crippen MR) is 106 cm³/mol. The third-order valence-corrected chi connectivity index (χ3v) is 5.35. The van der Waals surface area contributed by atoms with Crippen LogP contribution in [0.2, 0.25) is 0 Å². The lowest BCUT2D eigenvalue weighted by Crippen LogP contribution is -2.65. The van der Waals surface area contributed by atoms with E-state index in [1.54, 1.807) is 0 Å². The molecule has 0 radical (unpaired) electrons. The van der Waals surface area contributed by atoms with Gasteiger partial charge < -0.3 is 10.6 Å². The van der Waals surface area contributed by atoms with Gasteiger partial charge in [-0.25, -0.2) is 0 Å². The summed E-state index contributed by atoms with van der Waals surface area (Å²) < 4.78 is 0. The van der Waals surface area contributed by atoms with Crippen LogP contribution in [0.1, 0.15) is 63.1 Å². The van der Waals surface area contributed by atoms with Crippen molar-refractivity contribution < 1.29 is 9.59 Å². The van der Waals surface area contributed by atoms with Crippen LogP contribution in [0, 0.1) is 5.41 Å². The van der Waals surface area contributed by atoms with Crippen LogP contribution in [0.15, 0.2) is 24.3 Å². The Morgan fingerprint density at radius 3 is 2.33 bits per heavy atom. The average Bonchev–Trinajstić information content (AvgIpc) is 3.43. The van der Waals surface area contributed by atoms with Crippen LogP contribution < -0.4 is 16.0 Å². The number of benzene rings is 1. The van der Waals surface area contributed by atoms with E-state index in [0.29, 0.717) is 0 Å². The van der Waals surface area contributed by atoms with Crippen molar-refractivity contribution in [2.45, 2.75) is 64.3 Å². The quantitative estimate of drug-likeness (QED) is 0.740. The lowest BCUT2D eigenvalue weighted by molar-refractivity contribution is -0.134. The summed E-state index contributed by atoms with van der Waals surface area (Å²) in [5.41, 5.74) is 2.34. The first-order valence-corrected chi connectivity index (χ1v) is 9.77. The number of nitrogens with one attached hydrogen (secondary N) is 3. The fourth-order valence-corrected chi connectivity index (χ4v) is 3.55. The Morgan fingerprint density at radius 2 is 1.81 bits per heavy atom. The van der Waals surface area contributed by atoms with Crippen LogP contribution in [-0.4, -0.2) is 43.1 Å². The summed E-state index contributed by atoms with van der Waals surface area (Å²) in [5.74, 6) is 0.464. The maximum Gasteiger partial charge on any atom is 0.238 e. The molecule has 2 fully saturated rings. The second kappa shape index (κ2) is 7.60. The van der Waals surface area contributed by atoms with Crippen molar-refractivity contribution in [3.05, 3.63) is 35.4 Å². The van der Waals surface area contributed by atoms with E-state index in [-0.39, 0.29) is 36.0 Å². The summed E-state index contributed by atoms with van der Waals surface area (Å²) >= 11 is 0. The molecule has 1 heterocycles. The molecule has 3 atom stereocenters. The van der Waals surface area contributed by atoms with Crippen molar-refractivity contribution in [2.24, 2.45) is 5.41 Å². The largest absolute Gasteiger partial charge is 0.347 e. The van der Waals surface area contributed by atoms with Crippen LogP contribution in [0.5, 0.6) is 0 Å². The standard InChI is InChI=1S/C21H32N4O2/c1-21(2,3)18(15-10-8-14(9-11-15)13-6-7-13)24-19(27)16-12-17(26)23-20(22-16)25(4)5/h8-11,13,16,18,20,22H,6-7,12H2,1-5H3,(H,23,26)(H,24,27)/t16?,18-,20?/m0/s1. The Kier molecular flexibility index (Phi) is 5.58. The predicted octanol–water partition coefficient (Wildman–Crippen LogP) is 2.09. The molecule has 1 aliphatic heterocycles. The molecule has 148 valence electrons. The SMILES string of the molecule is CN(C)C1NC(=O)CC(C(=O)N[C@@H](c2ccc(C3CC3)cc2)C(C)(C)C)N1. The Hall–Kier alpha value is -1.92. The fourth-order valence-electron chi connectivity index (χ4n) is 3.55. The summed E-state index contributed by atoms with van der Waals surface area (Å²) in [4.78, 5) is 26.8. The first kappa shape index (κ1) is 19.8. The minimum absolute atomic E-state index is 0.117. The van der Waals surface area contributed by atoms with Crippen LogP contribution in [0.25, 0.3) is 0 Å². The van der Waals surface area contributed by atoms with E-state index in [1.165, 1.54) is 18.4 Å². The zero-order valence-electron chi connectivity index (χ0n) is 17.0. The number of amides is 2. The molecular weight excluding hydrogens is 340 g/mol. The molecule has 0 bridgehead atoms. The summed E-state index contributed by atoms with van der Waals surface area (Å²) in [5, 5.41) is 9.23. The van der Waals surface area contributed by atoms with Gasteiger partial charge in [0.25, 0.3) is 0 Å². The zero-order valence-corrected chi connectivity index (χ0v) is 17.0. The highest BCUT2D eigenvalue weighted by molar-refractivity contribution is 5.89. The minimum Gasteiger partial charge on any atom is -0.347 e. The number of hydrogen-bond acceptors (Lipinski definition) is 4. The Balaban J connectivity index is 1.74. The highest BCUT2D eigenvalue weighted by Crippen LogP contribution is 2.41. The third-order valence-electron chi connectivity index (χ3n) is 5.35. The van der Waals surface area contributed by atoms with Gasteiger partial charge in [0.15, 0.2) is 0 Å². The second-order valence-electron chi connectivity index (χ2n) is 9.11. The van der Waals surface area contributed by atoms with Crippen LogP contribution in [-0.2, 0) is 9.59 Å². The van der Waals surface area contributed by atoms with Crippen molar-refractivity contribution in [2.75, 3.05) is 14.1 Å². The van der Waals surface area contributed by atoms with E-state index >= 15 is 0 Å². The Morgan fingerprint density at radius 1 is 1.19 bits per heavy atom. The van der Waals surface area contributed by atoms with E-state index < -0.39 is 6.04 Å². The number of hydrogen-bond donors (Lipinski definition) is 3. The molecule has 3 rings (SSSR count). The normalized spacial score (nSPS) is 24.4. The van der Waals surface area contributed by atoms with E-state index in [1.807, 2.05) is 19.0 Å². The van der Waals surface area contributed by atoms with Gasteiger partial charge in [-0.1, -0.05) is 45.0 Å². The summed E-state index contributed by atoms with van der Waals surface area (Å²) in [6.07, 6.45) is 2.36. The molecule has 2 aliphatic rings. The van der Waals surface area contributed by atoms with Gasteiger partial charge >= 0.3 is 0 Å². The van der Waals surface area contributed by atoms with Gasteiger partial charge in [0.1, 0.15) is 6.29 Å². The highest BCUT2D eigenvalue weighted by atomic mass is 16.2. The van der Waals surface area contributed by atoms with Gasteiger partial charge in [-0.2, -0.15) is 0 Å². The number of rotatable bonds is 5. The minimum atomic E-state index is -0.540. The van der Waals surface area contributed by atoms with Crippen molar-refractivity contribution >= 4 is 11.8 Å². The van der Waals surface area contributed by atoms with Gasteiger partial charge in [0.2, 0.25) is 11.8 Å². The highest BCUT2D eigenvalue weighted by Gasteiger charge is 2.35. The summed E-state index contributed by atoms with van der Waals surface area (Å²) in [7, 11) is 3.72. The smallest absolute Gasteiger partial charge is 0.238 e. The number of nitrogens with zero attached hydrogens (tertiary/aromatic N) is 1. The van der Waals surface area contributed by atoms with Crippen LogP contribution in [0.4, 0.5) is 0 Å². The molecule has 1 aromatic rings. The molecule has 0 spiro atoms. The zero-order chi connectivity index (χ0) is 19.8. The van der Waals surface area contributed by atoms with Crippen LogP contribution >= 0.6 is 0 Å².